The van der Waals surface area contributed by atoms with Crippen LogP contribution in [0, 0.1) is 41.4 Å². The van der Waals surface area contributed by atoms with Crippen LogP contribution in [0.5, 0.6) is 0 Å². The van der Waals surface area contributed by atoms with Crippen molar-refractivity contribution in [2.75, 3.05) is 6.61 Å². The Labute approximate surface area is 237 Å². The molecule has 1 nitrogen and oxygen atoms in total. The fraction of sp³-hybridized carbons (Fsp3) is 1.00. The first-order valence-corrected chi connectivity index (χ1v) is 17.1. The zero-order valence-electron chi connectivity index (χ0n) is 25.0. The van der Waals surface area contributed by atoms with Crippen LogP contribution in [-0.4, -0.2) is 37.4 Å². The summed E-state index contributed by atoms with van der Waals surface area (Å²) in [5.74, 6) is 0.668. The number of halogens is 4. The van der Waals surface area contributed by atoms with Gasteiger partial charge in [-0.2, -0.15) is 0 Å². The highest BCUT2D eigenvalue weighted by Gasteiger charge is 2.47. The van der Waals surface area contributed by atoms with E-state index in [1.165, 1.54) is 12.8 Å². The lowest BCUT2D eigenvalue weighted by Crippen LogP contribution is -2.45. The van der Waals surface area contributed by atoms with Crippen LogP contribution >= 0.6 is 0 Å². The minimum absolute atomic E-state index is 0.0864. The molecule has 5 heteroatoms. The van der Waals surface area contributed by atoms with E-state index in [0.29, 0.717) is 17.9 Å². The second kappa shape index (κ2) is 15.8. The van der Waals surface area contributed by atoms with Crippen LogP contribution in [0.25, 0.3) is 0 Å². The third-order valence-electron chi connectivity index (χ3n) is 11.7. The zero-order chi connectivity index (χ0) is 27.8. The average molecular weight is 559 g/mol. The predicted molar refractivity (Wildman–Crippen MR) is 153 cm³/mol. The Hall–Kier alpha value is -0.320. The minimum atomic E-state index is -1.32. The number of alkyl halides is 4. The fourth-order valence-electron chi connectivity index (χ4n) is 9.15. The van der Waals surface area contributed by atoms with Gasteiger partial charge in [-0.1, -0.05) is 51.9 Å². The summed E-state index contributed by atoms with van der Waals surface area (Å²) in [7, 11) is 0. The monoisotopic (exact) mass is 558 g/mol. The Morgan fingerprint density at radius 3 is 1.59 bits per heavy atom. The first-order chi connectivity index (χ1) is 18.9. The molecule has 0 N–H and O–H groups in total. The second-order valence-corrected chi connectivity index (χ2v) is 14.0. The highest BCUT2D eigenvalue weighted by molar-refractivity contribution is 4.96. The molecule has 8 unspecified atom stereocenters. The second-order valence-electron chi connectivity index (χ2n) is 14.0. The molecule has 0 aromatic carbocycles. The molecule has 4 saturated carbocycles. The van der Waals surface area contributed by atoms with Crippen molar-refractivity contribution in [3.8, 4) is 0 Å². The number of hydrogen-bond acceptors (Lipinski definition) is 1. The van der Waals surface area contributed by atoms with E-state index in [4.69, 9.17) is 4.74 Å². The van der Waals surface area contributed by atoms with Gasteiger partial charge in [-0.3, -0.25) is 0 Å². The molecule has 4 aliphatic rings. The molecule has 39 heavy (non-hydrogen) atoms. The Kier molecular flexibility index (Phi) is 12.8. The van der Waals surface area contributed by atoms with Gasteiger partial charge in [0.2, 0.25) is 0 Å². The lowest BCUT2D eigenvalue weighted by Gasteiger charge is -2.44. The maximum atomic E-state index is 15.5. The van der Waals surface area contributed by atoms with E-state index in [9.17, 15) is 8.78 Å². The van der Waals surface area contributed by atoms with E-state index in [2.05, 4.69) is 6.92 Å². The van der Waals surface area contributed by atoms with Gasteiger partial charge in [-0.15, -0.1) is 0 Å². The fourth-order valence-corrected chi connectivity index (χ4v) is 9.15. The van der Waals surface area contributed by atoms with E-state index in [0.717, 1.165) is 116 Å². The van der Waals surface area contributed by atoms with Crippen molar-refractivity contribution in [2.24, 2.45) is 41.4 Å². The first kappa shape index (κ1) is 31.6. The Balaban J connectivity index is 1.15. The number of hydrogen-bond donors (Lipinski definition) is 0. The SMILES string of the molecule is CCCCCCC1CCC(CCC2CCC(C3CCC(C4CCC(OCC)CC4)C(F)C3F)CC2)C(F)C1F. The molecule has 228 valence electrons. The molecular weight excluding hydrogens is 500 g/mol. The summed E-state index contributed by atoms with van der Waals surface area (Å²) in [6.45, 7) is 4.93. The van der Waals surface area contributed by atoms with Crippen molar-refractivity contribution in [3.05, 3.63) is 0 Å². The zero-order valence-corrected chi connectivity index (χ0v) is 25.0. The summed E-state index contributed by atoms with van der Waals surface area (Å²) in [6.07, 6.45) is 13.5. The summed E-state index contributed by atoms with van der Waals surface area (Å²) < 4.78 is 66.4. The summed E-state index contributed by atoms with van der Waals surface area (Å²) in [4.78, 5) is 0. The average Bonchev–Trinajstić information content (AvgIpc) is 2.95. The quantitative estimate of drug-likeness (QED) is 0.171. The smallest absolute Gasteiger partial charge is 0.134 e. The van der Waals surface area contributed by atoms with Crippen LogP contribution in [-0.2, 0) is 4.74 Å². The largest absolute Gasteiger partial charge is 0.379 e. The number of ether oxygens (including phenoxy) is 1. The normalized spacial score (nSPS) is 43.8. The summed E-state index contributed by atoms with van der Waals surface area (Å²) >= 11 is 0. The molecule has 4 rings (SSSR count). The Morgan fingerprint density at radius 2 is 1.05 bits per heavy atom. The van der Waals surface area contributed by atoms with Crippen molar-refractivity contribution in [2.45, 2.75) is 167 Å². The maximum Gasteiger partial charge on any atom is 0.134 e. The van der Waals surface area contributed by atoms with Gasteiger partial charge in [0.25, 0.3) is 0 Å². The van der Waals surface area contributed by atoms with Gasteiger partial charge < -0.3 is 4.74 Å². The predicted octanol–water partition coefficient (Wildman–Crippen LogP) is 10.5. The van der Waals surface area contributed by atoms with Crippen LogP contribution in [0.15, 0.2) is 0 Å². The summed E-state index contributed by atoms with van der Waals surface area (Å²) in [5, 5.41) is 0. The van der Waals surface area contributed by atoms with Crippen LogP contribution in [0.3, 0.4) is 0 Å². The summed E-state index contributed by atoms with van der Waals surface area (Å²) in [6, 6.07) is 0. The molecule has 0 bridgehead atoms. The Bertz CT molecular complexity index is 674. The maximum absolute atomic E-state index is 15.5. The van der Waals surface area contributed by atoms with Gasteiger partial charge in [-0.25, -0.2) is 17.6 Å². The van der Waals surface area contributed by atoms with E-state index in [1.54, 1.807) is 0 Å². The van der Waals surface area contributed by atoms with Gasteiger partial charge in [0.15, 0.2) is 0 Å². The molecule has 8 atom stereocenters. The third-order valence-corrected chi connectivity index (χ3v) is 11.7. The van der Waals surface area contributed by atoms with Crippen LogP contribution in [0.1, 0.15) is 136 Å². The van der Waals surface area contributed by atoms with Gasteiger partial charge in [0.1, 0.15) is 24.7 Å². The topological polar surface area (TPSA) is 9.23 Å². The number of rotatable bonds is 12. The van der Waals surface area contributed by atoms with E-state index >= 15 is 8.78 Å². The molecule has 0 spiro atoms. The molecule has 0 saturated heterocycles. The van der Waals surface area contributed by atoms with Crippen LogP contribution in [0.2, 0.25) is 0 Å². The van der Waals surface area contributed by atoms with Gasteiger partial charge in [-0.05, 0) is 125 Å². The van der Waals surface area contributed by atoms with E-state index in [-0.39, 0.29) is 29.6 Å². The highest BCUT2D eigenvalue weighted by Crippen LogP contribution is 2.48. The molecule has 0 heterocycles. The van der Waals surface area contributed by atoms with Crippen molar-refractivity contribution >= 4 is 0 Å². The van der Waals surface area contributed by atoms with Gasteiger partial charge in [0.05, 0.1) is 6.10 Å². The molecule has 0 aliphatic heterocycles. The van der Waals surface area contributed by atoms with E-state index in [1.807, 2.05) is 6.92 Å². The molecule has 4 fully saturated rings. The van der Waals surface area contributed by atoms with Crippen molar-refractivity contribution in [3.63, 3.8) is 0 Å². The first-order valence-electron chi connectivity index (χ1n) is 17.1. The van der Waals surface area contributed by atoms with Crippen molar-refractivity contribution < 1.29 is 22.3 Å². The molecule has 4 aliphatic carbocycles. The van der Waals surface area contributed by atoms with Crippen LogP contribution in [0.4, 0.5) is 17.6 Å². The highest BCUT2D eigenvalue weighted by atomic mass is 19.2. The third kappa shape index (κ3) is 8.38. The number of unbranched alkanes of at least 4 members (excludes halogenated alkanes) is 3. The van der Waals surface area contributed by atoms with E-state index < -0.39 is 24.7 Å². The molecule has 0 radical (unpaired) electrons. The lowest BCUT2D eigenvalue weighted by atomic mass is 9.63. The minimum Gasteiger partial charge on any atom is -0.379 e. The summed E-state index contributed by atoms with van der Waals surface area (Å²) in [5.41, 5.74) is 0. The van der Waals surface area contributed by atoms with Crippen molar-refractivity contribution in [1.82, 2.24) is 0 Å². The molecule has 0 aromatic heterocycles. The standard InChI is InChI=1S/C34H58F4O/c1-3-5-6-7-8-26-15-16-27(32(36)31(26)35)14-11-23-9-12-24(13-10-23)29-21-22-30(34(38)33(29)37)25-17-19-28(20-18-25)39-4-2/h23-34H,3-22H2,1-2H3. The van der Waals surface area contributed by atoms with Crippen LogP contribution < -0.4 is 0 Å². The van der Waals surface area contributed by atoms with Crippen molar-refractivity contribution in [1.29, 1.82) is 0 Å². The molecular formula is C34H58F4O. The Morgan fingerprint density at radius 1 is 0.513 bits per heavy atom. The van der Waals surface area contributed by atoms with Gasteiger partial charge >= 0.3 is 0 Å². The lowest BCUT2D eigenvalue weighted by molar-refractivity contribution is -0.0476. The van der Waals surface area contributed by atoms with Gasteiger partial charge in [0, 0.05) is 6.61 Å². The molecule has 0 aromatic rings. The molecule has 0 amide bonds.